The fraction of sp³-hybridized carbons (Fsp3) is 0.286. The first kappa shape index (κ1) is 19.7. The van der Waals surface area contributed by atoms with E-state index < -0.39 is 26.8 Å². The number of para-hydroxylation sites is 2. The number of nitrogens with zero attached hydrogens (tertiary/aromatic N) is 3. The van der Waals surface area contributed by atoms with Crippen molar-refractivity contribution in [3.63, 3.8) is 0 Å². The van der Waals surface area contributed by atoms with E-state index in [2.05, 4.69) is 14.7 Å². The lowest BCUT2D eigenvalue weighted by Crippen LogP contribution is -2.40. The lowest BCUT2D eigenvalue weighted by molar-refractivity contribution is 0.558. The predicted octanol–water partition coefficient (Wildman–Crippen LogP) is 1.46. The molecule has 1 saturated carbocycles. The summed E-state index contributed by atoms with van der Waals surface area (Å²) in [7, 11) is -2.23. The standard InChI is InChI=1S/C21H21N5O4S/c1-21(9-10-21)24-31(29,30)13-7-8-17-14(11-13)19(27)26(20(28)25(17)2)12-18-22-15-5-3-4-6-16(15)23-18/h3-8,11,24H,9-10,12H2,1-2H3,(H,22,23). The normalized spacial score (nSPS) is 15.5. The monoisotopic (exact) mass is 439 g/mol. The van der Waals surface area contributed by atoms with E-state index >= 15 is 0 Å². The van der Waals surface area contributed by atoms with Gasteiger partial charge in [-0.15, -0.1) is 0 Å². The minimum atomic E-state index is -3.78. The molecule has 10 heteroatoms. The number of aromatic amines is 1. The fourth-order valence-corrected chi connectivity index (χ4v) is 5.20. The van der Waals surface area contributed by atoms with E-state index in [0.29, 0.717) is 11.3 Å². The van der Waals surface area contributed by atoms with Crippen molar-refractivity contribution in [1.29, 1.82) is 0 Å². The predicted molar refractivity (Wildman–Crippen MR) is 117 cm³/mol. The number of sulfonamides is 1. The van der Waals surface area contributed by atoms with Crippen molar-refractivity contribution < 1.29 is 8.42 Å². The number of fused-ring (bicyclic) bond motifs is 2. The summed E-state index contributed by atoms with van der Waals surface area (Å²) >= 11 is 0. The molecule has 2 N–H and O–H groups in total. The molecule has 0 saturated heterocycles. The van der Waals surface area contributed by atoms with E-state index in [-0.39, 0.29) is 16.8 Å². The van der Waals surface area contributed by atoms with Gasteiger partial charge < -0.3 is 4.98 Å². The minimum absolute atomic E-state index is 0.000777. The molecule has 0 atom stereocenters. The quantitative estimate of drug-likeness (QED) is 0.488. The Balaban J connectivity index is 1.63. The topological polar surface area (TPSA) is 119 Å². The Bertz CT molecular complexity index is 1540. The molecule has 0 unspecified atom stereocenters. The van der Waals surface area contributed by atoms with Crippen molar-refractivity contribution in [3.8, 4) is 0 Å². The van der Waals surface area contributed by atoms with Gasteiger partial charge in [-0.1, -0.05) is 12.1 Å². The van der Waals surface area contributed by atoms with E-state index in [1.54, 1.807) is 7.05 Å². The van der Waals surface area contributed by atoms with Crippen molar-refractivity contribution in [2.75, 3.05) is 0 Å². The summed E-state index contributed by atoms with van der Waals surface area (Å²) in [5.41, 5.74) is 0.406. The van der Waals surface area contributed by atoms with Gasteiger partial charge in [0.2, 0.25) is 10.0 Å². The maximum Gasteiger partial charge on any atom is 0.331 e. The maximum atomic E-state index is 13.2. The number of nitrogens with one attached hydrogen (secondary N) is 2. The van der Waals surface area contributed by atoms with Crippen LogP contribution in [0.2, 0.25) is 0 Å². The van der Waals surface area contributed by atoms with Gasteiger partial charge in [-0.3, -0.25) is 13.9 Å². The smallest absolute Gasteiger partial charge is 0.331 e. The van der Waals surface area contributed by atoms with Gasteiger partial charge in [0.1, 0.15) is 5.82 Å². The Morgan fingerprint density at radius 2 is 1.90 bits per heavy atom. The number of H-pyrrole nitrogens is 1. The van der Waals surface area contributed by atoms with E-state index in [1.165, 1.54) is 22.8 Å². The highest BCUT2D eigenvalue weighted by Crippen LogP contribution is 2.36. The Morgan fingerprint density at radius 1 is 1.16 bits per heavy atom. The van der Waals surface area contributed by atoms with Crippen LogP contribution in [-0.4, -0.2) is 33.1 Å². The van der Waals surface area contributed by atoms with Gasteiger partial charge in [-0.05, 0) is 50.1 Å². The Morgan fingerprint density at radius 3 is 2.61 bits per heavy atom. The van der Waals surface area contributed by atoms with Crippen molar-refractivity contribution in [1.82, 2.24) is 23.8 Å². The summed E-state index contributed by atoms with van der Waals surface area (Å²) < 4.78 is 30.6. The highest BCUT2D eigenvalue weighted by Gasteiger charge is 2.41. The largest absolute Gasteiger partial charge is 0.340 e. The molecule has 9 nitrogen and oxygen atoms in total. The summed E-state index contributed by atoms with van der Waals surface area (Å²) in [5.74, 6) is 0.465. The first-order valence-electron chi connectivity index (χ1n) is 9.88. The second-order valence-corrected chi connectivity index (χ2v) is 9.96. The molecule has 2 heterocycles. The van der Waals surface area contributed by atoms with Crippen LogP contribution in [0.5, 0.6) is 0 Å². The third kappa shape index (κ3) is 3.37. The summed E-state index contributed by atoms with van der Waals surface area (Å²) in [6.45, 7) is 1.79. The average Bonchev–Trinajstić information content (AvgIpc) is 3.30. The van der Waals surface area contributed by atoms with Gasteiger partial charge >= 0.3 is 5.69 Å². The molecule has 1 aliphatic carbocycles. The molecule has 1 aliphatic rings. The zero-order valence-electron chi connectivity index (χ0n) is 17.0. The molecule has 2 aromatic carbocycles. The van der Waals surface area contributed by atoms with E-state index in [1.807, 2.05) is 31.2 Å². The number of hydrogen-bond donors (Lipinski definition) is 2. The molecule has 0 aliphatic heterocycles. The Hall–Kier alpha value is -3.24. The van der Waals surface area contributed by atoms with Gasteiger partial charge in [-0.25, -0.2) is 22.9 Å². The van der Waals surface area contributed by atoms with Crippen LogP contribution >= 0.6 is 0 Å². The number of aryl methyl sites for hydroxylation is 1. The van der Waals surface area contributed by atoms with Crippen LogP contribution in [0.4, 0.5) is 0 Å². The Kier molecular flexibility index (Phi) is 4.21. The second-order valence-electron chi connectivity index (χ2n) is 8.28. The molecule has 0 spiro atoms. The summed E-state index contributed by atoms with van der Waals surface area (Å²) in [6, 6.07) is 11.7. The Labute approximate surface area is 177 Å². The first-order chi connectivity index (χ1) is 14.7. The second kappa shape index (κ2) is 6.63. The lowest BCUT2D eigenvalue weighted by Gasteiger charge is -2.14. The molecule has 1 fully saturated rings. The van der Waals surface area contributed by atoms with E-state index in [4.69, 9.17) is 0 Å². The van der Waals surface area contributed by atoms with E-state index in [0.717, 1.165) is 28.4 Å². The van der Waals surface area contributed by atoms with Gasteiger partial charge in [0, 0.05) is 12.6 Å². The zero-order chi connectivity index (χ0) is 22.0. The van der Waals surface area contributed by atoms with Gasteiger partial charge in [0.15, 0.2) is 0 Å². The van der Waals surface area contributed by atoms with Crippen LogP contribution in [-0.2, 0) is 23.6 Å². The number of aromatic nitrogens is 4. The SMILES string of the molecule is Cn1c(=O)n(Cc2nc3ccccc3[nH]2)c(=O)c2cc(S(=O)(=O)NC3(C)CC3)ccc21. The zero-order valence-corrected chi connectivity index (χ0v) is 17.9. The van der Waals surface area contributed by atoms with Crippen LogP contribution in [0, 0.1) is 0 Å². The third-order valence-electron chi connectivity index (χ3n) is 5.76. The van der Waals surface area contributed by atoms with Crippen LogP contribution in [0.15, 0.2) is 56.9 Å². The van der Waals surface area contributed by atoms with Gasteiger partial charge in [-0.2, -0.15) is 0 Å². The number of benzene rings is 2. The molecular weight excluding hydrogens is 418 g/mol. The molecule has 4 aromatic rings. The number of rotatable bonds is 5. The summed E-state index contributed by atoms with van der Waals surface area (Å²) in [6.07, 6.45) is 1.55. The van der Waals surface area contributed by atoms with E-state index in [9.17, 15) is 18.0 Å². The number of imidazole rings is 1. The molecule has 0 bridgehead atoms. The molecule has 31 heavy (non-hydrogen) atoms. The third-order valence-corrected chi connectivity index (χ3v) is 7.40. The lowest BCUT2D eigenvalue weighted by atomic mass is 10.2. The van der Waals surface area contributed by atoms with Gasteiger partial charge in [0.25, 0.3) is 5.56 Å². The number of hydrogen-bond acceptors (Lipinski definition) is 5. The molecule has 2 aromatic heterocycles. The van der Waals surface area contributed by atoms with Crippen molar-refractivity contribution in [2.24, 2.45) is 7.05 Å². The highest BCUT2D eigenvalue weighted by molar-refractivity contribution is 7.89. The molecule has 160 valence electrons. The van der Waals surface area contributed by atoms with Crippen molar-refractivity contribution in [3.05, 3.63) is 69.1 Å². The van der Waals surface area contributed by atoms with Crippen LogP contribution < -0.4 is 16.0 Å². The van der Waals surface area contributed by atoms with Crippen molar-refractivity contribution in [2.45, 2.75) is 36.7 Å². The molecule has 0 radical (unpaired) electrons. The van der Waals surface area contributed by atoms with Crippen molar-refractivity contribution >= 4 is 32.0 Å². The van der Waals surface area contributed by atoms with Crippen LogP contribution in [0.1, 0.15) is 25.6 Å². The van der Waals surface area contributed by atoms with Crippen LogP contribution in [0.25, 0.3) is 21.9 Å². The minimum Gasteiger partial charge on any atom is -0.340 e. The molecular formula is C21H21N5O4S. The fourth-order valence-electron chi connectivity index (χ4n) is 3.71. The molecule has 5 rings (SSSR count). The van der Waals surface area contributed by atoms with Gasteiger partial charge in [0.05, 0.1) is 33.4 Å². The summed E-state index contributed by atoms with van der Waals surface area (Å²) in [5, 5.41) is 0.155. The summed E-state index contributed by atoms with van der Waals surface area (Å²) in [4.78, 5) is 33.6. The van der Waals surface area contributed by atoms with Crippen LogP contribution in [0.3, 0.4) is 0 Å². The highest BCUT2D eigenvalue weighted by atomic mass is 32.2. The average molecular weight is 439 g/mol. The first-order valence-corrected chi connectivity index (χ1v) is 11.4. The maximum absolute atomic E-state index is 13.2. The molecule has 0 amide bonds.